The lowest BCUT2D eigenvalue weighted by molar-refractivity contribution is -0.128. The van der Waals surface area contributed by atoms with Gasteiger partial charge in [0, 0.05) is 42.5 Å². The van der Waals surface area contributed by atoms with Gasteiger partial charge in [0.05, 0.1) is 11.4 Å². The quantitative estimate of drug-likeness (QED) is 0.524. The molecule has 174 valence electrons. The van der Waals surface area contributed by atoms with E-state index < -0.39 is 15.6 Å². The van der Waals surface area contributed by atoms with Gasteiger partial charge in [-0.15, -0.1) is 0 Å². The van der Waals surface area contributed by atoms with Crippen LogP contribution in [0.1, 0.15) is 17.0 Å². The lowest BCUT2D eigenvalue weighted by Gasteiger charge is -2.36. The molecule has 0 bridgehead atoms. The Kier molecular flexibility index (Phi) is 6.76. The molecule has 33 heavy (non-hydrogen) atoms. The van der Waals surface area contributed by atoms with Crippen LogP contribution in [-0.2, 0) is 20.4 Å². The van der Waals surface area contributed by atoms with E-state index >= 15 is 0 Å². The Bertz CT molecular complexity index is 1250. The zero-order valence-corrected chi connectivity index (χ0v) is 20.2. The van der Waals surface area contributed by atoms with Gasteiger partial charge in [-0.25, -0.2) is 13.4 Å². The maximum atomic E-state index is 12.8. The summed E-state index contributed by atoms with van der Waals surface area (Å²) in [6.07, 6.45) is 0. The Balaban J connectivity index is 1.37. The van der Waals surface area contributed by atoms with Gasteiger partial charge in [0.15, 0.2) is 9.84 Å². The molecule has 0 aliphatic carbocycles. The highest BCUT2D eigenvalue weighted by atomic mass is 35.5. The van der Waals surface area contributed by atoms with Crippen molar-refractivity contribution in [3.8, 4) is 11.5 Å². The second-order valence-electron chi connectivity index (χ2n) is 8.21. The van der Waals surface area contributed by atoms with Crippen molar-refractivity contribution in [2.45, 2.75) is 19.6 Å². The molecule has 0 radical (unpaired) electrons. The van der Waals surface area contributed by atoms with Crippen LogP contribution in [0.2, 0.25) is 5.02 Å². The summed E-state index contributed by atoms with van der Waals surface area (Å²) < 4.78 is 31.3. The van der Waals surface area contributed by atoms with Gasteiger partial charge < -0.3 is 14.2 Å². The predicted octanol–water partition coefficient (Wildman–Crippen LogP) is 3.88. The third-order valence-electron chi connectivity index (χ3n) is 5.79. The fraction of sp³-hybridized carbons (Fsp3) is 0.333. The van der Waals surface area contributed by atoms with Crippen LogP contribution in [0.15, 0.2) is 52.9 Å². The number of aryl methyl sites for hydroxylation is 2. The van der Waals surface area contributed by atoms with Crippen molar-refractivity contribution >= 4 is 33.0 Å². The van der Waals surface area contributed by atoms with Gasteiger partial charge in [-0.1, -0.05) is 29.8 Å². The number of amides is 1. The maximum Gasteiger partial charge on any atom is 0.237 e. The van der Waals surface area contributed by atoms with Crippen molar-refractivity contribution in [3.63, 3.8) is 0 Å². The van der Waals surface area contributed by atoms with E-state index in [2.05, 4.69) is 9.88 Å². The van der Waals surface area contributed by atoms with Gasteiger partial charge in [0.2, 0.25) is 11.8 Å². The summed E-state index contributed by atoms with van der Waals surface area (Å²) in [5.41, 5.74) is 3.18. The highest BCUT2D eigenvalue weighted by Crippen LogP contribution is 2.26. The SMILES string of the molecule is Cc1ccccc1-c1nc(CS(=O)(=O)CC(=O)N2CCN(c3ccc(Cl)cc3)CC2)c(C)o1. The third-order valence-corrected chi connectivity index (χ3v) is 7.44. The number of oxazole rings is 1. The van der Waals surface area contributed by atoms with Crippen LogP contribution < -0.4 is 4.90 Å². The fourth-order valence-corrected chi connectivity index (χ4v) is 5.37. The minimum absolute atomic E-state index is 0.329. The molecule has 1 aliphatic heterocycles. The largest absolute Gasteiger partial charge is 0.441 e. The topological polar surface area (TPSA) is 83.7 Å². The summed E-state index contributed by atoms with van der Waals surface area (Å²) in [5, 5.41) is 0.672. The predicted molar refractivity (Wildman–Crippen MR) is 129 cm³/mol. The van der Waals surface area contributed by atoms with Crippen molar-refractivity contribution in [2.75, 3.05) is 36.8 Å². The number of piperazine rings is 1. The first-order valence-electron chi connectivity index (χ1n) is 10.7. The highest BCUT2D eigenvalue weighted by Gasteiger charge is 2.27. The molecule has 0 N–H and O–H groups in total. The summed E-state index contributed by atoms with van der Waals surface area (Å²) >= 11 is 5.95. The van der Waals surface area contributed by atoms with Gasteiger partial charge in [0.25, 0.3) is 0 Å². The fourth-order valence-electron chi connectivity index (χ4n) is 3.89. The molecular formula is C24H26ClN3O4S. The molecule has 1 amide bonds. The van der Waals surface area contributed by atoms with Gasteiger partial charge in [0.1, 0.15) is 11.5 Å². The van der Waals surface area contributed by atoms with Gasteiger partial charge in [-0.05, 0) is 49.7 Å². The number of hydrogen-bond acceptors (Lipinski definition) is 6. The van der Waals surface area contributed by atoms with E-state index in [1.165, 1.54) is 0 Å². The molecule has 4 rings (SSSR count). The molecular weight excluding hydrogens is 462 g/mol. The number of anilines is 1. The van der Waals surface area contributed by atoms with E-state index in [0.29, 0.717) is 48.5 Å². The summed E-state index contributed by atoms with van der Waals surface area (Å²) in [6, 6.07) is 15.2. The average Bonchev–Trinajstić information content (AvgIpc) is 3.13. The van der Waals surface area contributed by atoms with Crippen molar-refractivity contribution < 1.29 is 17.6 Å². The molecule has 0 unspecified atom stereocenters. The molecule has 1 saturated heterocycles. The number of hydrogen-bond donors (Lipinski definition) is 0. The van der Waals surface area contributed by atoms with E-state index in [1.54, 1.807) is 11.8 Å². The first-order chi connectivity index (χ1) is 15.7. The maximum absolute atomic E-state index is 12.8. The molecule has 2 heterocycles. The number of benzene rings is 2. The van der Waals surface area contributed by atoms with E-state index in [4.69, 9.17) is 16.0 Å². The molecule has 2 aromatic carbocycles. The minimum Gasteiger partial charge on any atom is -0.441 e. The zero-order valence-electron chi connectivity index (χ0n) is 18.6. The summed E-state index contributed by atoms with van der Waals surface area (Å²) in [4.78, 5) is 20.9. The Hall–Kier alpha value is -2.84. The number of halogens is 1. The Labute approximate surface area is 198 Å². The lowest BCUT2D eigenvalue weighted by atomic mass is 10.1. The van der Waals surface area contributed by atoms with Crippen molar-refractivity contribution in [2.24, 2.45) is 0 Å². The second kappa shape index (κ2) is 9.57. The number of nitrogens with zero attached hydrogens (tertiary/aromatic N) is 3. The number of aromatic nitrogens is 1. The smallest absolute Gasteiger partial charge is 0.237 e. The summed E-state index contributed by atoms with van der Waals surface area (Å²) in [5.74, 6) is -0.419. The second-order valence-corrected chi connectivity index (χ2v) is 10.7. The number of rotatable bonds is 6. The standard InChI is InChI=1S/C24H26ClN3O4S/c1-17-5-3-4-6-21(17)24-26-22(18(2)32-24)15-33(30,31)16-23(29)28-13-11-27(12-14-28)20-9-7-19(25)8-10-20/h3-10H,11-16H2,1-2H3. The number of carbonyl (C=O) groups is 1. The van der Waals surface area contributed by atoms with Crippen molar-refractivity contribution in [1.29, 1.82) is 0 Å². The van der Waals surface area contributed by atoms with Crippen LogP contribution in [0.5, 0.6) is 0 Å². The van der Waals surface area contributed by atoms with E-state index in [-0.39, 0.29) is 11.7 Å². The summed E-state index contributed by atoms with van der Waals surface area (Å²) in [7, 11) is -3.70. The average molecular weight is 488 g/mol. The van der Waals surface area contributed by atoms with Gasteiger partial charge in [-0.3, -0.25) is 4.79 Å². The molecule has 1 aliphatic rings. The normalized spacial score (nSPS) is 14.5. The molecule has 7 nitrogen and oxygen atoms in total. The van der Waals surface area contributed by atoms with Crippen LogP contribution in [-0.4, -0.2) is 56.1 Å². The van der Waals surface area contributed by atoms with Gasteiger partial charge in [-0.2, -0.15) is 0 Å². The van der Waals surface area contributed by atoms with Crippen LogP contribution in [0, 0.1) is 13.8 Å². The molecule has 0 atom stereocenters. The Morgan fingerprint density at radius 3 is 2.36 bits per heavy atom. The van der Waals surface area contributed by atoms with Crippen LogP contribution in [0.4, 0.5) is 5.69 Å². The number of carbonyl (C=O) groups excluding carboxylic acids is 1. The summed E-state index contributed by atoms with van der Waals surface area (Å²) in [6.45, 7) is 5.84. The van der Waals surface area contributed by atoms with E-state index in [1.807, 2.05) is 55.5 Å². The first kappa shape index (κ1) is 23.3. The first-order valence-corrected chi connectivity index (χ1v) is 12.9. The van der Waals surface area contributed by atoms with E-state index in [9.17, 15) is 13.2 Å². The molecule has 0 spiro atoms. The molecule has 0 saturated carbocycles. The minimum atomic E-state index is -3.70. The van der Waals surface area contributed by atoms with Crippen LogP contribution in [0.3, 0.4) is 0 Å². The third kappa shape index (κ3) is 5.57. The molecule has 1 fully saturated rings. The van der Waals surface area contributed by atoms with Crippen LogP contribution >= 0.6 is 11.6 Å². The molecule has 1 aromatic heterocycles. The molecule has 3 aromatic rings. The Morgan fingerprint density at radius 1 is 1.03 bits per heavy atom. The van der Waals surface area contributed by atoms with E-state index in [0.717, 1.165) is 16.8 Å². The van der Waals surface area contributed by atoms with Crippen molar-refractivity contribution in [1.82, 2.24) is 9.88 Å². The lowest BCUT2D eigenvalue weighted by Crippen LogP contribution is -2.50. The highest BCUT2D eigenvalue weighted by molar-refractivity contribution is 7.91. The monoisotopic (exact) mass is 487 g/mol. The molecule has 9 heteroatoms. The van der Waals surface area contributed by atoms with Crippen LogP contribution in [0.25, 0.3) is 11.5 Å². The van der Waals surface area contributed by atoms with Crippen molar-refractivity contribution in [3.05, 3.63) is 70.6 Å². The Morgan fingerprint density at radius 2 is 1.70 bits per heavy atom. The zero-order chi connectivity index (χ0) is 23.6. The van der Waals surface area contributed by atoms with Gasteiger partial charge >= 0.3 is 0 Å². The number of sulfone groups is 1.